The minimum atomic E-state index is -1.63. The average Bonchev–Trinajstić information content (AvgIpc) is 2.49. The van der Waals surface area contributed by atoms with E-state index < -0.39 is 35.4 Å². The molecule has 1 unspecified atom stereocenters. The highest BCUT2D eigenvalue weighted by Gasteiger charge is 2.16. The van der Waals surface area contributed by atoms with E-state index in [-0.39, 0.29) is 25.1 Å². The lowest BCUT2D eigenvalue weighted by Gasteiger charge is -2.13. The highest BCUT2D eigenvalue weighted by Crippen LogP contribution is 2.18. The molecule has 0 bridgehead atoms. The van der Waals surface area contributed by atoms with Gasteiger partial charge in [0.05, 0.1) is 6.10 Å². The van der Waals surface area contributed by atoms with E-state index in [9.17, 15) is 27.9 Å². The molecule has 5 nitrogen and oxygen atoms in total. The Hall–Kier alpha value is -2.35. The molecule has 1 atom stereocenters. The molecule has 0 aromatic heterocycles. The summed E-state index contributed by atoms with van der Waals surface area (Å²) in [5.74, 6) is -5.38. The number of halogens is 3. The molecule has 3 N–H and O–H groups in total. The van der Waals surface area contributed by atoms with Gasteiger partial charge in [-0.25, -0.2) is 13.2 Å². The molecule has 0 heterocycles. The number of hydrogen-bond acceptors (Lipinski definition) is 3. The molecule has 1 aromatic carbocycles. The Morgan fingerprint density at radius 2 is 1.82 bits per heavy atom. The van der Waals surface area contributed by atoms with Crippen molar-refractivity contribution in [1.82, 2.24) is 10.6 Å². The molecule has 0 spiro atoms. The van der Waals surface area contributed by atoms with Crippen LogP contribution < -0.4 is 10.6 Å². The van der Waals surface area contributed by atoms with E-state index in [1.807, 2.05) is 0 Å². The van der Waals surface area contributed by atoms with Crippen molar-refractivity contribution < 1.29 is 27.9 Å². The number of benzene rings is 1. The van der Waals surface area contributed by atoms with Gasteiger partial charge >= 0.3 is 0 Å². The lowest BCUT2D eigenvalue weighted by Crippen LogP contribution is -2.32. The lowest BCUT2D eigenvalue weighted by atomic mass is 10.1. The van der Waals surface area contributed by atoms with Gasteiger partial charge in [-0.3, -0.25) is 9.59 Å². The SMILES string of the molecule is C=CC(=O)NCCC(=O)NCC(O)c1cc(F)c(F)c(F)c1. The van der Waals surface area contributed by atoms with E-state index >= 15 is 0 Å². The van der Waals surface area contributed by atoms with E-state index in [2.05, 4.69) is 17.2 Å². The van der Waals surface area contributed by atoms with E-state index in [0.29, 0.717) is 12.1 Å². The van der Waals surface area contributed by atoms with Crippen molar-refractivity contribution in [2.24, 2.45) is 0 Å². The van der Waals surface area contributed by atoms with E-state index in [4.69, 9.17) is 0 Å². The fourth-order valence-corrected chi connectivity index (χ4v) is 1.56. The monoisotopic (exact) mass is 316 g/mol. The van der Waals surface area contributed by atoms with Crippen LogP contribution in [0.3, 0.4) is 0 Å². The van der Waals surface area contributed by atoms with E-state index in [0.717, 1.165) is 6.08 Å². The standard InChI is InChI=1S/C14H15F3N2O3/c1-2-12(21)18-4-3-13(22)19-7-11(20)8-5-9(15)14(17)10(16)6-8/h2,5-6,11,20H,1,3-4,7H2,(H,18,21)(H,19,22). The average molecular weight is 316 g/mol. The largest absolute Gasteiger partial charge is 0.387 e. The molecular formula is C14H15F3N2O3. The maximum atomic E-state index is 13.0. The van der Waals surface area contributed by atoms with Gasteiger partial charge in [-0.1, -0.05) is 6.58 Å². The maximum Gasteiger partial charge on any atom is 0.243 e. The summed E-state index contributed by atoms with van der Waals surface area (Å²) < 4.78 is 38.8. The summed E-state index contributed by atoms with van der Waals surface area (Å²) in [5, 5.41) is 14.4. The zero-order chi connectivity index (χ0) is 16.7. The molecular weight excluding hydrogens is 301 g/mol. The van der Waals surface area contributed by atoms with Crippen LogP contribution in [0.15, 0.2) is 24.8 Å². The van der Waals surface area contributed by atoms with Crippen LogP contribution in [-0.2, 0) is 9.59 Å². The molecule has 0 radical (unpaired) electrons. The Bertz CT molecular complexity index is 555. The van der Waals surface area contributed by atoms with Crippen molar-refractivity contribution in [3.8, 4) is 0 Å². The highest BCUT2D eigenvalue weighted by molar-refractivity contribution is 5.87. The molecule has 0 saturated heterocycles. The van der Waals surface area contributed by atoms with Gasteiger partial charge in [-0.2, -0.15) is 0 Å². The highest BCUT2D eigenvalue weighted by atomic mass is 19.2. The summed E-state index contributed by atoms with van der Waals surface area (Å²) in [7, 11) is 0. The predicted octanol–water partition coefficient (Wildman–Crippen LogP) is 0.946. The van der Waals surface area contributed by atoms with Crippen LogP contribution in [0.5, 0.6) is 0 Å². The van der Waals surface area contributed by atoms with Crippen LogP contribution in [0.1, 0.15) is 18.1 Å². The second kappa shape index (κ2) is 8.18. The molecule has 0 fully saturated rings. The summed E-state index contributed by atoms with van der Waals surface area (Å²) in [4.78, 5) is 22.3. The van der Waals surface area contributed by atoms with Crippen LogP contribution in [0, 0.1) is 17.5 Å². The second-order valence-electron chi connectivity index (χ2n) is 4.36. The number of rotatable bonds is 7. The molecule has 22 heavy (non-hydrogen) atoms. The summed E-state index contributed by atoms with van der Waals surface area (Å²) >= 11 is 0. The van der Waals surface area contributed by atoms with E-state index in [1.54, 1.807) is 0 Å². The molecule has 120 valence electrons. The van der Waals surface area contributed by atoms with Gasteiger partial charge in [-0.15, -0.1) is 0 Å². The van der Waals surface area contributed by atoms with Gasteiger partial charge in [0.25, 0.3) is 0 Å². The van der Waals surface area contributed by atoms with Crippen LogP contribution in [0.4, 0.5) is 13.2 Å². The smallest absolute Gasteiger partial charge is 0.243 e. The number of hydrogen-bond donors (Lipinski definition) is 3. The van der Waals surface area contributed by atoms with Gasteiger partial charge in [-0.05, 0) is 23.8 Å². The van der Waals surface area contributed by atoms with Crippen LogP contribution in [-0.4, -0.2) is 30.0 Å². The molecule has 1 aromatic rings. The summed E-state index contributed by atoms with van der Waals surface area (Å²) in [6, 6.07) is 1.30. The minimum absolute atomic E-state index is 0.0432. The topological polar surface area (TPSA) is 78.4 Å². The quantitative estimate of drug-likeness (QED) is 0.517. The van der Waals surface area contributed by atoms with Crippen molar-refractivity contribution in [3.63, 3.8) is 0 Å². The van der Waals surface area contributed by atoms with Crippen molar-refractivity contribution in [2.45, 2.75) is 12.5 Å². The Morgan fingerprint density at radius 3 is 2.36 bits per heavy atom. The first-order chi connectivity index (χ1) is 10.3. The van der Waals surface area contributed by atoms with Gasteiger partial charge in [0.15, 0.2) is 17.5 Å². The molecule has 0 aliphatic heterocycles. The van der Waals surface area contributed by atoms with Gasteiger partial charge < -0.3 is 15.7 Å². The normalized spacial score (nSPS) is 11.6. The first-order valence-corrected chi connectivity index (χ1v) is 6.34. The summed E-state index contributed by atoms with van der Waals surface area (Å²) in [6.45, 7) is 3.01. The fraction of sp³-hybridized carbons (Fsp3) is 0.286. The first-order valence-electron chi connectivity index (χ1n) is 6.34. The molecule has 0 aliphatic carbocycles. The number of aliphatic hydroxyl groups excluding tert-OH is 1. The second-order valence-corrected chi connectivity index (χ2v) is 4.36. The molecule has 0 aliphatic rings. The molecule has 8 heteroatoms. The predicted molar refractivity (Wildman–Crippen MR) is 72.1 cm³/mol. The summed E-state index contributed by atoms with van der Waals surface area (Å²) in [5.41, 5.74) is -0.198. The number of amides is 2. The number of aliphatic hydroxyl groups is 1. The molecule has 2 amide bonds. The Labute approximate surface area is 124 Å². The fourth-order valence-electron chi connectivity index (χ4n) is 1.56. The minimum Gasteiger partial charge on any atom is -0.387 e. The van der Waals surface area contributed by atoms with Crippen molar-refractivity contribution >= 4 is 11.8 Å². The Balaban J connectivity index is 2.45. The number of carbonyl (C=O) groups excluding carboxylic acids is 2. The first kappa shape index (κ1) is 17.7. The van der Waals surface area contributed by atoms with E-state index in [1.165, 1.54) is 0 Å². The lowest BCUT2D eigenvalue weighted by molar-refractivity contribution is -0.121. The Morgan fingerprint density at radius 1 is 1.23 bits per heavy atom. The van der Waals surface area contributed by atoms with Gasteiger partial charge in [0, 0.05) is 19.5 Å². The molecule has 1 rings (SSSR count). The van der Waals surface area contributed by atoms with Crippen LogP contribution in [0.25, 0.3) is 0 Å². The number of carbonyl (C=O) groups is 2. The third-order valence-corrected chi connectivity index (χ3v) is 2.72. The third-order valence-electron chi connectivity index (χ3n) is 2.72. The van der Waals surface area contributed by atoms with Crippen LogP contribution in [0.2, 0.25) is 0 Å². The zero-order valence-electron chi connectivity index (χ0n) is 11.5. The van der Waals surface area contributed by atoms with Gasteiger partial charge in [0.1, 0.15) is 0 Å². The van der Waals surface area contributed by atoms with Gasteiger partial charge in [0.2, 0.25) is 11.8 Å². The Kier molecular flexibility index (Phi) is 6.58. The van der Waals surface area contributed by atoms with Crippen molar-refractivity contribution in [3.05, 3.63) is 47.8 Å². The number of nitrogens with one attached hydrogen (secondary N) is 2. The van der Waals surface area contributed by atoms with Crippen LogP contribution >= 0.6 is 0 Å². The third kappa shape index (κ3) is 5.21. The van der Waals surface area contributed by atoms with Crippen molar-refractivity contribution in [1.29, 1.82) is 0 Å². The summed E-state index contributed by atoms with van der Waals surface area (Å²) in [6.07, 6.45) is -0.381. The molecule has 0 saturated carbocycles. The maximum absolute atomic E-state index is 13.0. The zero-order valence-corrected chi connectivity index (χ0v) is 11.5. The van der Waals surface area contributed by atoms with Crippen molar-refractivity contribution in [2.75, 3.05) is 13.1 Å².